The van der Waals surface area contributed by atoms with E-state index in [0.717, 1.165) is 58.4 Å². The van der Waals surface area contributed by atoms with Gasteiger partial charge in [-0.3, -0.25) is 9.59 Å². The second-order valence-electron chi connectivity index (χ2n) is 8.41. The van der Waals surface area contributed by atoms with E-state index in [4.69, 9.17) is 4.42 Å². The summed E-state index contributed by atoms with van der Waals surface area (Å²) in [7, 11) is 2.13. The van der Waals surface area contributed by atoms with Crippen molar-refractivity contribution in [3.05, 3.63) is 23.7 Å². The third-order valence-electron chi connectivity index (χ3n) is 6.70. The van der Waals surface area contributed by atoms with Crippen LogP contribution in [0.1, 0.15) is 48.2 Å². The van der Waals surface area contributed by atoms with Crippen molar-refractivity contribution in [2.75, 3.05) is 39.8 Å². The first-order valence-electron chi connectivity index (χ1n) is 9.79. The average molecular weight is 359 g/mol. The number of carbonyl (C=O) groups excluding carboxylic acids is 2. The number of hydrogen-bond donors (Lipinski definition) is 0. The lowest BCUT2D eigenvalue weighted by atomic mass is 9.72. The number of piperidine rings is 2. The fraction of sp³-hybridized carbons (Fsp3) is 0.700. The fourth-order valence-electron chi connectivity index (χ4n) is 4.91. The number of nitrogens with zero attached hydrogens (tertiary/aromatic N) is 3. The summed E-state index contributed by atoms with van der Waals surface area (Å²) in [5.74, 6) is 1.09. The molecular weight excluding hydrogens is 330 g/mol. The van der Waals surface area contributed by atoms with Crippen LogP contribution in [0.3, 0.4) is 0 Å². The summed E-state index contributed by atoms with van der Waals surface area (Å²) in [5, 5.41) is 0. The van der Waals surface area contributed by atoms with Gasteiger partial charge in [0, 0.05) is 38.6 Å². The third kappa shape index (κ3) is 3.15. The van der Waals surface area contributed by atoms with Gasteiger partial charge >= 0.3 is 0 Å². The lowest BCUT2D eigenvalue weighted by Crippen LogP contribution is -2.55. The van der Waals surface area contributed by atoms with Crippen LogP contribution in [0.2, 0.25) is 0 Å². The molecule has 4 heterocycles. The van der Waals surface area contributed by atoms with Gasteiger partial charge in [0.15, 0.2) is 0 Å². The zero-order chi connectivity index (χ0) is 18.3. The van der Waals surface area contributed by atoms with Crippen LogP contribution in [0.5, 0.6) is 0 Å². The van der Waals surface area contributed by atoms with Crippen molar-refractivity contribution in [2.45, 2.75) is 45.1 Å². The second-order valence-corrected chi connectivity index (χ2v) is 8.41. The molecule has 0 aromatic carbocycles. The maximum Gasteiger partial charge on any atom is 0.257 e. The minimum Gasteiger partial charge on any atom is -0.469 e. The summed E-state index contributed by atoms with van der Waals surface area (Å²) in [5.41, 5.74) is 0.868. The smallest absolute Gasteiger partial charge is 0.257 e. The number of hydrogen-bond acceptors (Lipinski definition) is 4. The molecule has 1 aromatic rings. The Bertz CT molecular complexity index is 690. The van der Waals surface area contributed by atoms with Crippen LogP contribution in [-0.2, 0) is 4.79 Å². The van der Waals surface area contributed by atoms with E-state index in [-0.39, 0.29) is 11.3 Å². The molecule has 26 heavy (non-hydrogen) atoms. The Morgan fingerprint density at radius 1 is 1.23 bits per heavy atom. The standard InChI is InChI=1S/C20H29N3O3/c1-15-17(5-12-26-15)19(25)22-10-7-20(8-11-22)6-3-18(24)23(14-20)16-4-9-21(2)13-16/h5,12,16H,3-4,6-11,13-14H2,1-2H3/t16-/m0/s1. The average Bonchev–Trinajstić information content (AvgIpc) is 3.26. The lowest BCUT2D eigenvalue weighted by molar-refractivity contribution is -0.141. The van der Waals surface area contributed by atoms with Crippen molar-refractivity contribution in [2.24, 2.45) is 5.41 Å². The second kappa shape index (κ2) is 6.72. The van der Waals surface area contributed by atoms with Crippen LogP contribution in [0.4, 0.5) is 0 Å². The Hall–Kier alpha value is -1.82. The first kappa shape index (κ1) is 17.6. The van der Waals surface area contributed by atoms with Gasteiger partial charge in [-0.1, -0.05) is 0 Å². The molecule has 3 aliphatic heterocycles. The zero-order valence-electron chi connectivity index (χ0n) is 15.9. The molecule has 0 radical (unpaired) electrons. The third-order valence-corrected chi connectivity index (χ3v) is 6.70. The van der Waals surface area contributed by atoms with E-state index in [9.17, 15) is 9.59 Å². The van der Waals surface area contributed by atoms with E-state index in [0.29, 0.717) is 29.7 Å². The van der Waals surface area contributed by atoms with Gasteiger partial charge in [-0.25, -0.2) is 0 Å². The summed E-state index contributed by atoms with van der Waals surface area (Å²) in [6.45, 7) is 6.32. The normalized spacial score (nSPS) is 26.7. The van der Waals surface area contributed by atoms with Crippen molar-refractivity contribution in [3.8, 4) is 0 Å². The quantitative estimate of drug-likeness (QED) is 0.812. The summed E-state index contributed by atoms with van der Waals surface area (Å²) in [6.07, 6.45) is 6.27. The highest BCUT2D eigenvalue weighted by atomic mass is 16.3. The predicted octanol–water partition coefficient (Wildman–Crippen LogP) is 2.14. The number of aryl methyl sites for hydroxylation is 1. The minimum atomic E-state index is 0.0762. The highest BCUT2D eigenvalue weighted by Crippen LogP contribution is 2.41. The highest BCUT2D eigenvalue weighted by molar-refractivity contribution is 5.95. The number of furan rings is 1. The molecule has 0 aliphatic carbocycles. The Kier molecular flexibility index (Phi) is 4.55. The van der Waals surface area contributed by atoms with Gasteiger partial charge in [-0.2, -0.15) is 0 Å². The topological polar surface area (TPSA) is 57.0 Å². The minimum absolute atomic E-state index is 0.0762. The number of rotatable bonds is 2. The molecule has 0 saturated carbocycles. The van der Waals surface area contributed by atoms with Gasteiger partial charge in [0.1, 0.15) is 5.76 Å². The summed E-state index contributed by atoms with van der Waals surface area (Å²) in [4.78, 5) is 31.6. The van der Waals surface area contributed by atoms with E-state index in [2.05, 4.69) is 16.8 Å². The van der Waals surface area contributed by atoms with Gasteiger partial charge in [0.2, 0.25) is 5.91 Å². The summed E-state index contributed by atoms with van der Waals surface area (Å²) < 4.78 is 5.28. The molecule has 0 unspecified atom stereocenters. The van der Waals surface area contributed by atoms with E-state index in [1.54, 1.807) is 12.3 Å². The molecule has 3 aliphatic rings. The van der Waals surface area contributed by atoms with Crippen LogP contribution in [0.25, 0.3) is 0 Å². The van der Waals surface area contributed by atoms with E-state index in [1.807, 2.05) is 11.8 Å². The van der Waals surface area contributed by atoms with Gasteiger partial charge in [0.05, 0.1) is 11.8 Å². The molecule has 3 saturated heterocycles. The molecule has 1 aromatic heterocycles. The molecule has 6 nitrogen and oxygen atoms in total. The van der Waals surface area contributed by atoms with Gasteiger partial charge in [0.25, 0.3) is 5.91 Å². The fourth-order valence-corrected chi connectivity index (χ4v) is 4.91. The molecular formula is C20H29N3O3. The Labute approximate surface area is 155 Å². The maximum absolute atomic E-state index is 12.7. The molecule has 6 heteroatoms. The lowest BCUT2D eigenvalue weighted by Gasteiger charge is -2.49. The Balaban J connectivity index is 1.40. The molecule has 1 spiro atoms. The molecule has 3 fully saturated rings. The van der Waals surface area contributed by atoms with Crippen molar-refractivity contribution >= 4 is 11.8 Å². The number of likely N-dealkylation sites (tertiary alicyclic amines) is 3. The number of likely N-dealkylation sites (N-methyl/N-ethyl adjacent to an activating group) is 1. The largest absolute Gasteiger partial charge is 0.469 e. The molecule has 0 bridgehead atoms. The van der Waals surface area contributed by atoms with Crippen molar-refractivity contribution in [3.63, 3.8) is 0 Å². The van der Waals surface area contributed by atoms with Crippen molar-refractivity contribution < 1.29 is 14.0 Å². The van der Waals surface area contributed by atoms with Crippen molar-refractivity contribution in [1.82, 2.24) is 14.7 Å². The van der Waals surface area contributed by atoms with Crippen LogP contribution < -0.4 is 0 Å². The number of carbonyl (C=O) groups is 2. The van der Waals surface area contributed by atoms with Gasteiger partial charge in [-0.05, 0) is 57.7 Å². The zero-order valence-corrected chi connectivity index (χ0v) is 15.9. The summed E-state index contributed by atoms with van der Waals surface area (Å²) in [6, 6.07) is 2.14. The van der Waals surface area contributed by atoms with E-state index in [1.165, 1.54) is 0 Å². The van der Waals surface area contributed by atoms with Crippen LogP contribution in [0, 0.1) is 12.3 Å². The predicted molar refractivity (Wildman–Crippen MR) is 97.9 cm³/mol. The molecule has 142 valence electrons. The van der Waals surface area contributed by atoms with Gasteiger partial charge < -0.3 is 19.1 Å². The molecule has 1 atom stereocenters. The Morgan fingerprint density at radius 3 is 2.62 bits per heavy atom. The van der Waals surface area contributed by atoms with Crippen LogP contribution in [-0.4, -0.2) is 72.3 Å². The van der Waals surface area contributed by atoms with Crippen LogP contribution >= 0.6 is 0 Å². The van der Waals surface area contributed by atoms with E-state index < -0.39 is 0 Å². The molecule has 0 N–H and O–H groups in total. The highest BCUT2D eigenvalue weighted by Gasteiger charge is 2.44. The number of amides is 2. The van der Waals surface area contributed by atoms with Crippen LogP contribution in [0.15, 0.2) is 16.7 Å². The first-order chi connectivity index (χ1) is 12.5. The van der Waals surface area contributed by atoms with E-state index >= 15 is 0 Å². The summed E-state index contributed by atoms with van der Waals surface area (Å²) >= 11 is 0. The molecule has 4 rings (SSSR count). The first-order valence-corrected chi connectivity index (χ1v) is 9.79. The Morgan fingerprint density at radius 2 is 2.00 bits per heavy atom. The molecule has 2 amide bonds. The maximum atomic E-state index is 12.7. The SMILES string of the molecule is Cc1occc1C(=O)N1CCC2(CCC(=O)N([C@H]3CCN(C)C3)C2)CC1. The van der Waals surface area contributed by atoms with Gasteiger partial charge in [-0.15, -0.1) is 0 Å². The monoisotopic (exact) mass is 359 g/mol. The van der Waals surface area contributed by atoms with Crippen molar-refractivity contribution in [1.29, 1.82) is 0 Å².